The summed E-state index contributed by atoms with van der Waals surface area (Å²) in [6.07, 6.45) is 3.88. The fourth-order valence-corrected chi connectivity index (χ4v) is 3.01. The van der Waals surface area contributed by atoms with Gasteiger partial charge < -0.3 is 15.4 Å². The number of nitrogens with zero attached hydrogens (tertiary/aromatic N) is 2. The van der Waals surface area contributed by atoms with Crippen LogP contribution in [0.25, 0.3) is 0 Å². The lowest BCUT2D eigenvalue weighted by Crippen LogP contribution is -2.41. The van der Waals surface area contributed by atoms with E-state index >= 15 is 0 Å². The lowest BCUT2D eigenvalue weighted by molar-refractivity contribution is 0.0588. The van der Waals surface area contributed by atoms with E-state index in [4.69, 9.17) is 10.5 Å². The van der Waals surface area contributed by atoms with E-state index in [-0.39, 0.29) is 12.0 Å². The highest BCUT2D eigenvalue weighted by Gasteiger charge is 2.25. The molecular weight excluding hydrogens is 330 g/mol. The van der Waals surface area contributed by atoms with Crippen LogP contribution in [0.2, 0.25) is 0 Å². The van der Waals surface area contributed by atoms with Crippen molar-refractivity contribution in [3.05, 3.63) is 59.3 Å². The zero-order valence-corrected chi connectivity index (χ0v) is 14.9. The molecule has 1 saturated heterocycles. The van der Waals surface area contributed by atoms with Crippen LogP contribution in [0.4, 0.5) is 0 Å². The van der Waals surface area contributed by atoms with Crippen LogP contribution in [0.3, 0.4) is 0 Å². The molecule has 2 N–H and O–H groups in total. The van der Waals surface area contributed by atoms with Gasteiger partial charge in [-0.1, -0.05) is 19.1 Å². The van der Waals surface area contributed by atoms with E-state index < -0.39 is 5.91 Å². The smallest absolute Gasteiger partial charge is 0.253 e. The van der Waals surface area contributed by atoms with Gasteiger partial charge in [0.25, 0.3) is 5.91 Å². The number of amides is 2. The van der Waals surface area contributed by atoms with Gasteiger partial charge in [-0.3, -0.25) is 9.59 Å². The summed E-state index contributed by atoms with van der Waals surface area (Å²) in [5, 5.41) is 0. The van der Waals surface area contributed by atoms with Gasteiger partial charge >= 0.3 is 0 Å². The summed E-state index contributed by atoms with van der Waals surface area (Å²) in [5.74, 6) is 0.0211. The quantitative estimate of drug-likeness (QED) is 0.894. The van der Waals surface area contributed by atoms with Crippen LogP contribution in [-0.4, -0.2) is 40.9 Å². The van der Waals surface area contributed by atoms with Crippen molar-refractivity contribution in [1.82, 2.24) is 9.88 Å². The predicted octanol–water partition coefficient (Wildman–Crippen LogP) is 2.43. The van der Waals surface area contributed by atoms with E-state index in [0.717, 1.165) is 24.8 Å². The Bertz CT molecular complexity index is 764. The molecule has 1 aromatic carbocycles. The number of hydrogen-bond acceptors (Lipinski definition) is 4. The molecule has 0 saturated carbocycles. The summed E-state index contributed by atoms with van der Waals surface area (Å²) in [7, 11) is 0. The van der Waals surface area contributed by atoms with Gasteiger partial charge in [-0.25, -0.2) is 4.98 Å². The Hall–Kier alpha value is -2.89. The second-order valence-electron chi connectivity index (χ2n) is 6.41. The first-order chi connectivity index (χ1) is 12.6. The van der Waals surface area contributed by atoms with Gasteiger partial charge in [0.2, 0.25) is 11.8 Å². The maximum atomic E-state index is 12.6. The summed E-state index contributed by atoms with van der Waals surface area (Å²) >= 11 is 0. The monoisotopic (exact) mass is 353 g/mol. The molecule has 0 spiro atoms. The number of rotatable bonds is 5. The van der Waals surface area contributed by atoms with E-state index in [1.54, 1.807) is 12.1 Å². The number of carbonyl (C=O) groups excluding carboxylic acids is 2. The molecule has 6 heteroatoms. The molecule has 3 rings (SSSR count). The average molecular weight is 353 g/mol. The van der Waals surface area contributed by atoms with E-state index in [0.29, 0.717) is 24.5 Å². The highest BCUT2D eigenvalue weighted by atomic mass is 16.5. The average Bonchev–Trinajstić information content (AvgIpc) is 2.68. The maximum Gasteiger partial charge on any atom is 0.253 e. The maximum absolute atomic E-state index is 12.6. The van der Waals surface area contributed by atoms with Crippen molar-refractivity contribution >= 4 is 11.8 Å². The number of aromatic nitrogens is 1. The highest BCUT2D eigenvalue weighted by molar-refractivity contribution is 5.94. The van der Waals surface area contributed by atoms with Gasteiger partial charge in [-0.05, 0) is 30.2 Å². The summed E-state index contributed by atoms with van der Waals surface area (Å²) in [6.45, 7) is 3.40. The number of pyridine rings is 1. The van der Waals surface area contributed by atoms with Gasteiger partial charge in [-0.2, -0.15) is 0 Å². The third-order valence-corrected chi connectivity index (χ3v) is 4.65. The minimum absolute atomic E-state index is 0.00782. The number of primary amides is 1. The lowest BCUT2D eigenvalue weighted by Gasteiger charge is -2.32. The van der Waals surface area contributed by atoms with Gasteiger partial charge in [0.1, 0.15) is 6.10 Å². The van der Waals surface area contributed by atoms with Crippen molar-refractivity contribution in [2.45, 2.75) is 32.3 Å². The van der Waals surface area contributed by atoms with Crippen molar-refractivity contribution < 1.29 is 14.3 Å². The Balaban J connectivity index is 1.53. The minimum atomic E-state index is -0.511. The number of hydrogen-bond donors (Lipinski definition) is 1. The van der Waals surface area contributed by atoms with Crippen LogP contribution < -0.4 is 10.5 Å². The second-order valence-corrected chi connectivity index (χ2v) is 6.41. The van der Waals surface area contributed by atoms with Crippen molar-refractivity contribution in [1.29, 1.82) is 0 Å². The van der Waals surface area contributed by atoms with Crippen molar-refractivity contribution in [3.8, 4) is 5.88 Å². The normalized spacial score (nSPS) is 14.9. The molecule has 136 valence electrons. The molecule has 0 radical (unpaired) electrons. The van der Waals surface area contributed by atoms with Crippen LogP contribution in [0, 0.1) is 0 Å². The van der Waals surface area contributed by atoms with Crippen LogP contribution in [0.15, 0.2) is 42.6 Å². The summed E-state index contributed by atoms with van der Waals surface area (Å²) in [6, 6.07) is 11.0. The molecule has 2 amide bonds. The molecule has 0 bridgehead atoms. The Morgan fingerprint density at radius 3 is 2.31 bits per heavy atom. The van der Waals surface area contributed by atoms with Gasteiger partial charge in [0.05, 0.1) is 5.56 Å². The number of carbonyl (C=O) groups is 2. The van der Waals surface area contributed by atoms with Crippen LogP contribution in [-0.2, 0) is 6.42 Å². The van der Waals surface area contributed by atoms with Gasteiger partial charge in [0.15, 0.2) is 0 Å². The molecule has 26 heavy (non-hydrogen) atoms. The Kier molecular flexibility index (Phi) is 5.51. The molecule has 2 heterocycles. The van der Waals surface area contributed by atoms with Crippen LogP contribution in [0.1, 0.15) is 46.0 Å². The minimum Gasteiger partial charge on any atom is -0.474 e. The predicted molar refractivity (Wildman–Crippen MR) is 98.1 cm³/mol. The fraction of sp³-hybridized carbons (Fsp3) is 0.350. The molecule has 1 aliphatic heterocycles. The number of piperidine rings is 1. The second kappa shape index (κ2) is 7.99. The third-order valence-electron chi connectivity index (χ3n) is 4.65. The van der Waals surface area contributed by atoms with E-state index in [1.807, 2.05) is 29.2 Å². The molecule has 0 atom stereocenters. The molecule has 6 nitrogen and oxygen atoms in total. The SMILES string of the molecule is CCc1ccc(C(=O)N2CCC(Oc3ccc(C(N)=O)cn3)CC2)cc1. The fourth-order valence-electron chi connectivity index (χ4n) is 3.01. The zero-order valence-electron chi connectivity index (χ0n) is 14.9. The first-order valence-electron chi connectivity index (χ1n) is 8.87. The summed E-state index contributed by atoms with van der Waals surface area (Å²) < 4.78 is 5.85. The summed E-state index contributed by atoms with van der Waals surface area (Å²) in [4.78, 5) is 29.6. The molecule has 2 aromatic rings. The molecule has 0 unspecified atom stereocenters. The lowest BCUT2D eigenvalue weighted by atomic mass is 10.0. The Morgan fingerprint density at radius 1 is 1.12 bits per heavy atom. The number of benzene rings is 1. The molecule has 1 aliphatic rings. The highest BCUT2D eigenvalue weighted by Crippen LogP contribution is 2.19. The van der Waals surface area contributed by atoms with E-state index in [2.05, 4.69) is 11.9 Å². The standard InChI is InChI=1S/C20H23N3O3/c1-2-14-3-5-15(6-4-14)20(25)23-11-9-17(10-12-23)26-18-8-7-16(13-22-18)19(21)24/h3-8,13,17H,2,9-12H2,1H3,(H2,21,24). The first kappa shape index (κ1) is 17.9. The first-order valence-corrected chi connectivity index (χ1v) is 8.87. The topological polar surface area (TPSA) is 85.5 Å². The number of ether oxygens (including phenoxy) is 1. The van der Waals surface area contributed by atoms with Crippen molar-refractivity contribution in [2.75, 3.05) is 13.1 Å². The molecule has 1 fully saturated rings. The number of nitrogens with two attached hydrogens (primary N) is 1. The van der Waals surface area contributed by atoms with Gasteiger partial charge in [-0.15, -0.1) is 0 Å². The van der Waals surface area contributed by atoms with Gasteiger partial charge in [0, 0.05) is 43.8 Å². The number of aryl methyl sites for hydroxylation is 1. The Labute approximate surface area is 153 Å². The van der Waals surface area contributed by atoms with E-state index in [9.17, 15) is 9.59 Å². The van der Waals surface area contributed by atoms with Crippen LogP contribution >= 0.6 is 0 Å². The molecule has 0 aliphatic carbocycles. The largest absolute Gasteiger partial charge is 0.474 e. The van der Waals surface area contributed by atoms with Crippen molar-refractivity contribution in [3.63, 3.8) is 0 Å². The van der Waals surface area contributed by atoms with Crippen molar-refractivity contribution in [2.24, 2.45) is 5.73 Å². The molecular formula is C20H23N3O3. The zero-order chi connectivity index (χ0) is 18.5. The third kappa shape index (κ3) is 4.20. The molecule has 1 aromatic heterocycles. The number of likely N-dealkylation sites (tertiary alicyclic amines) is 1. The van der Waals surface area contributed by atoms with E-state index in [1.165, 1.54) is 11.8 Å². The summed E-state index contributed by atoms with van der Waals surface area (Å²) in [5.41, 5.74) is 7.50. The Morgan fingerprint density at radius 2 is 1.77 bits per heavy atom. The van der Waals surface area contributed by atoms with Crippen LogP contribution in [0.5, 0.6) is 5.88 Å².